The first-order valence-electron chi connectivity index (χ1n) is 4.73. The van der Waals surface area contributed by atoms with Gasteiger partial charge in [-0.15, -0.1) is 0 Å². The lowest BCUT2D eigenvalue weighted by Crippen LogP contribution is -2.16. The Hall–Kier alpha value is -1.43. The van der Waals surface area contributed by atoms with E-state index >= 15 is 0 Å². The zero-order chi connectivity index (χ0) is 11.7. The van der Waals surface area contributed by atoms with E-state index in [-0.39, 0.29) is 5.91 Å². The van der Waals surface area contributed by atoms with Crippen molar-refractivity contribution in [3.8, 4) is 0 Å². The molecule has 2 unspecified atom stereocenters. The van der Waals surface area contributed by atoms with E-state index < -0.39 is 17.8 Å². The molecule has 0 aromatic carbocycles. The highest BCUT2D eigenvalue weighted by molar-refractivity contribution is 9.10. The van der Waals surface area contributed by atoms with Gasteiger partial charge in [-0.05, 0) is 34.5 Å². The summed E-state index contributed by atoms with van der Waals surface area (Å²) >= 11 is 3.18. The summed E-state index contributed by atoms with van der Waals surface area (Å²) in [7, 11) is 0. The quantitative estimate of drug-likeness (QED) is 0.825. The zero-order valence-corrected chi connectivity index (χ0v) is 9.77. The first kappa shape index (κ1) is 11.1. The van der Waals surface area contributed by atoms with Gasteiger partial charge in [-0.3, -0.25) is 9.59 Å². The number of rotatable bonds is 3. The third-order valence-corrected chi connectivity index (χ3v) is 2.91. The molecular formula is C10H9BrN2O3. The predicted molar refractivity (Wildman–Crippen MR) is 59.8 cm³/mol. The van der Waals surface area contributed by atoms with Crippen LogP contribution >= 0.6 is 15.9 Å². The molecular weight excluding hydrogens is 276 g/mol. The van der Waals surface area contributed by atoms with Crippen LogP contribution in [0.15, 0.2) is 22.9 Å². The lowest BCUT2D eigenvalue weighted by Gasteiger charge is -2.03. The van der Waals surface area contributed by atoms with Crippen molar-refractivity contribution in [3.05, 3.63) is 22.9 Å². The molecule has 0 spiro atoms. The van der Waals surface area contributed by atoms with Crippen molar-refractivity contribution in [1.82, 2.24) is 4.98 Å². The van der Waals surface area contributed by atoms with Crippen LogP contribution in [0.25, 0.3) is 0 Å². The normalized spacial score (nSPS) is 22.6. The lowest BCUT2D eigenvalue weighted by molar-refractivity contribution is -0.139. The van der Waals surface area contributed by atoms with Crippen molar-refractivity contribution < 1.29 is 14.7 Å². The zero-order valence-electron chi connectivity index (χ0n) is 8.18. The minimum atomic E-state index is -0.908. The van der Waals surface area contributed by atoms with Gasteiger partial charge < -0.3 is 10.4 Å². The molecule has 6 heteroatoms. The summed E-state index contributed by atoms with van der Waals surface area (Å²) < 4.78 is 0.681. The monoisotopic (exact) mass is 284 g/mol. The number of amides is 1. The van der Waals surface area contributed by atoms with Crippen molar-refractivity contribution >= 4 is 33.5 Å². The van der Waals surface area contributed by atoms with E-state index in [0.717, 1.165) is 0 Å². The first-order valence-corrected chi connectivity index (χ1v) is 5.52. The second kappa shape index (κ2) is 4.21. The van der Waals surface area contributed by atoms with Gasteiger partial charge >= 0.3 is 5.97 Å². The van der Waals surface area contributed by atoms with Crippen LogP contribution in [-0.4, -0.2) is 22.0 Å². The summed E-state index contributed by atoms with van der Waals surface area (Å²) in [5, 5.41) is 11.3. The maximum absolute atomic E-state index is 11.6. The third-order valence-electron chi connectivity index (χ3n) is 2.44. The van der Waals surface area contributed by atoms with Crippen LogP contribution in [0.4, 0.5) is 5.69 Å². The van der Waals surface area contributed by atoms with Crippen LogP contribution in [-0.2, 0) is 9.59 Å². The second-order valence-electron chi connectivity index (χ2n) is 3.65. The molecule has 1 aliphatic rings. The Bertz CT molecular complexity index is 432. The fourth-order valence-corrected chi connectivity index (χ4v) is 1.68. The minimum Gasteiger partial charge on any atom is -0.481 e. The van der Waals surface area contributed by atoms with Gasteiger partial charge in [-0.25, -0.2) is 4.98 Å². The smallest absolute Gasteiger partial charge is 0.307 e. The molecule has 16 heavy (non-hydrogen) atoms. The number of carbonyl (C=O) groups is 2. The summed E-state index contributed by atoms with van der Waals surface area (Å²) in [6, 6.07) is 3.41. The number of pyridine rings is 1. The maximum atomic E-state index is 11.6. The van der Waals surface area contributed by atoms with Crippen molar-refractivity contribution in [2.45, 2.75) is 6.42 Å². The van der Waals surface area contributed by atoms with Crippen molar-refractivity contribution in [2.24, 2.45) is 11.8 Å². The summed E-state index contributed by atoms with van der Waals surface area (Å²) in [5.74, 6) is -2.09. The van der Waals surface area contributed by atoms with Crippen LogP contribution in [0.3, 0.4) is 0 Å². The molecule has 0 saturated heterocycles. The third kappa shape index (κ3) is 2.38. The lowest BCUT2D eigenvalue weighted by atomic mass is 10.3. The fraction of sp³-hybridized carbons (Fsp3) is 0.300. The molecule has 84 valence electrons. The van der Waals surface area contributed by atoms with Crippen molar-refractivity contribution in [2.75, 3.05) is 5.32 Å². The molecule has 0 bridgehead atoms. The molecule has 0 aliphatic heterocycles. The van der Waals surface area contributed by atoms with Crippen LogP contribution in [0.5, 0.6) is 0 Å². The second-order valence-corrected chi connectivity index (χ2v) is 4.46. The Morgan fingerprint density at radius 3 is 2.69 bits per heavy atom. The fourth-order valence-electron chi connectivity index (χ4n) is 1.44. The average Bonchev–Trinajstić information content (AvgIpc) is 3.01. The summed E-state index contributed by atoms with van der Waals surface area (Å²) in [6.45, 7) is 0. The SMILES string of the molecule is O=C(O)C1CC1C(=O)Nc1ccc(Br)nc1. The number of carboxylic acids is 1. The van der Waals surface area contributed by atoms with Gasteiger partial charge in [0.25, 0.3) is 0 Å². The summed E-state index contributed by atoms with van der Waals surface area (Å²) in [4.78, 5) is 26.1. The van der Waals surface area contributed by atoms with E-state index in [4.69, 9.17) is 5.11 Å². The number of nitrogens with one attached hydrogen (secondary N) is 1. The Morgan fingerprint density at radius 2 is 2.19 bits per heavy atom. The molecule has 2 rings (SSSR count). The number of hydrogen-bond donors (Lipinski definition) is 2. The van der Waals surface area contributed by atoms with Gasteiger partial charge in [-0.1, -0.05) is 0 Å². The molecule has 1 aromatic rings. The van der Waals surface area contributed by atoms with Crippen LogP contribution in [0.1, 0.15) is 6.42 Å². The van der Waals surface area contributed by atoms with Gasteiger partial charge in [0.05, 0.1) is 23.7 Å². The van der Waals surface area contributed by atoms with Gasteiger partial charge in [-0.2, -0.15) is 0 Å². The van der Waals surface area contributed by atoms with E-state index in [1.807, 2.05) is 0 Å². The summed E-state index contributed by atoms with van der Waals surface area (Å²) in [6.07, 6.45) is 1.94. The number of carbonyl (C=O) groups excluding carboxylic acids is 1. The largest absolute Gasteiger partial charge is 0.481 e. The molecule has 0 radical (unpaired) electrons. The average molecular weight is 285 g/mol. The van der Waals surface area contributed by atoms with E-state index in [1.54, 1.807) is 12.1 Å². The highest BCUT2D eigenvalue weighted by atomic mass is 79.9. The number of carboxylic acid groups (broad SMARTS) is 1. The summed E-state index contributed by atoms with van der Waals surface area (Å²) in [5.41, 5.74) is 0.573. The van der Waals surface area contributed by atoms with E-state index in [0.29, 0.717) is 16.7 Å². The molecule has 1 heterocycles. The number of aliphatic carboxylic acids is 1. The predicted octanol–water partition coefficient (Wildman–Crippen LogP) is 1.50. The van der Waals surface area contributed by atoms with Crippen LogP contribution in [0.2, 0.25) is 0 Å². The number of aromatic nitrogens is 1. The maximum Gasteiger partial charge on any atom is 0.307 e. The van der Waals surface area contributed by atoms with Gasteiger partial charge in [0.2, 0.25) is 5.91 Å². The molecule has 1 saturated carbocycles. The molecule has 1 amide bonds. The molecule has 2 atom stereocenters. The Labute approximate surface area is 100 Å². The van der Waals surface area contributed by atoms with Crippen molar-refractivity contribution in [1.29, 1.82) is 0 Å². The standard InChI is InChI=1S/C10H9BrN2O3/c11-8-2-1-5(4-12-8)13-9(14)6-3-7(6)10(15)16/h1-2,4,6-7H,3H2,(H,13,14)(H,15,16). The van der Waals surface area contributed by atoms with Gasteiger partial charge in [0, 0.05) is 0 Å². The highest BCUT2D eigenvalue weighted by Crippen LogP contribution is 2.39. The number of hydrogen-bond acceptors (Lipinski definition) is 3. The molecule has 1 aromatic heterocycles. The van der Waals surface area contributed by atoms with E-state index in [1.165, 1.54) is 6.20 Å². The highest BCUT2D eigenvalue weighted by Gasteiger charge is 2.48. The number of nitrogens with zero attached hydrogens (tertiary/aromatic N) is 1. The van der Waals surface area contributed by atoms with Gasteiger partial charge in [0.15, 0.2) is 0 Å². The Morgan fingerprint density at radius 1 is 1.44 bits per heavy atom. The number of anilines is 1. The molecule has 5 nitrogen and oxygen atoms in total. The van der Waals surface area contributed by atoms with E-state index in [9.17, 15) is 9.59 Å². The van der Waals surface area contributed by atoms with Crippen LogP contribution < -0.4 is 5.32 Å². The van der Waals surface area contributed by atoms with Crippen LogP contribution in [0, 0.1) is 11.8 Å². The number of halogens is 1. The van der Waals surface area contributed by atoms with E-state index in [2.05, 4.69) is 26.2 Å². The van der Waals surface area contributed by atoms with Crippen molar-refractivity contribution in [3.63, 3.8) is 0 Å². The first-order chi connectivity index (χ1) is 7.58. The molecule has 1 fully saturated rings. The Balaban J connectivity index is 1.94. The Kier molecular flexibility index (Phi) is 2.91. The molecule has 1 aliphatic carbocycles. The molecule has 2 N–H and O–H groups in total. The van der Waals surface area contributed by atoms with Gasteiger partial charge in [0.1, 0.15) is 4.60 Å². The topological polar surface area (TPSA) is 79.3 Å². The minimum absolute atomic E-state index is 0.253.